The maximum absolute atomic E-state index is 12.5. The molecule has 1 aliphatic rings. The van der Waals surface area contributed by atoms with Crippen molar-refractivity contribution in [1.82, 2.24) is 10.2 Å². The number of hydrogen-bond acceptors (Lipinski definition) is 7. The van der Waals surface area contributed by atoms with Gasteiger partial charge in [-0.15, -0.1) is 0 Å². The van der Waals surface area contributed by atoms with Gasteiger partial charge in [0, 0.05) is 20.3 Å². The van der Waals surface area contributed by atoms with Crippen LogP contribution in [0.25, 0.3) is 6.08 Å². The molecule has 0 spiro atoms. The van der Waals surface area contributed by atoms with Gasteiger partial charge in [0.25, 0.3) is 11.1 Å². The molecule has 2 rings (SSSR count). The van der Waals surface area contributed by atoms with Crippen LogP contribution in [0.1, 0.15) is 18.9 Å². The third kappa shape index (κ3) is 5.63. The average Bonchev–Trinajstić information content (AvgIpc) is 2.90. The minimum atomic E-state index is -0.566. The Kier molecular flexibility index (Phi) is 8.16. The number of thioether (sulfide) groups is 1. The van der Waals surface area contributed by atoms with Gasteiger partial charge in [0.15, 0.2) is 11.5 Å². The standard InChI is InChI=1S/C18H21ClN2O6S/c1-3-27-13-8-11(7-12(19)16(13)23)9-14-17(24)21(18(25)28-14)10-15(22)20-5-4-6-26-2/h7-9,23H,3-6,10H2,1-2H3,(H,20,22)/b14-9-. The number of halogens is 1. The summed E-state index contributed by atoms with van der Waals surface area (Å²) in [4.78, 5) is 37.6. The molecule has 0 aliphatic carbocycles. The van der Waals surface area contributed by atoms with Crippen molar-refractivity contribution in [3.05, 3.63) is 27.6 Å². The summed E-state index contributed by atoms with van der Waals surface area (Å²) in [5.74, 6) is -1.01. The highest BCUT2D eigenvalue weighted by atomic mass is 35.5. The number of hydrogen-bond donors (Lipinski definition) is 2. The molecule has 0 aromatic heterocycles. The lowest BCUT2D eigenvalue weighted by atomic mass is 10.2. The summed E-state index contributed by atoms with van der Waals surface area (Å²) in [6.45, 7) is 2.62. The number of aromatic hydroxyl groups is 1. The first-order valence-electron chi connectivity index (χ1n) is 8.53. The molecule has 1 fully saturated rings. The van der Waals surface area contributed by atoms with E-state index in [9.17, 15) is 19.5 Å². The zero-order chi connectivity index (χ0) is 20.7. The van der Waals surface area contributed by atoms with Crippen LogP contribution >= 0.6 is 23.4 Å². The highest BCUT2D eigenvalue weighted by Crippen LogP contribution is 2.38. The van der Waals surface area contributed by atoms with Crippen LogP contribution < -0.4 is 10.1 Å². The van der Waals surface area contributed by atoms with Crippen molar-refractivity contribution in [3.63, 3.8) is 0 Å². The Morgan fingerprint density at radius 1 is 1.39 bits per heavy atom. The maximum Gasteiger partial charge on any atom is 0.294 e. The first-order valence-corrected chi connectivity index (χ1v) is 9.73. The number of phenols is 1. The predicted octanol–water partition coefficient (Wildman–Crippen LogP) is 2.63. The maximum atomic E-state index is 12.5. The number of methoxy groups -OCH3 is 1. The van der Waals surface area contributed by atoms with Crippen molar-refractivity contribution in [2.45, 2.75) is 13.3 Å². The molecule has 1 aliphatic heterocycles. The van der Waals surface area contributed by atoms with Crippen LogP contribution in [-0.2, 0) is 14.3 Å². The largest absolute Gasteiger partial charge is 0.503 e. The Balaban J connectivity index is 2.09. The Morgan fingerprint density at radius 2 is 2.14 bits per heavy atom. The summed E-state index contributed by atoms with van der Waals surface area (Å²) in [7, 11) is 1.56. The number of carbonyl (C=O) groups excluding carboxylic acids is 3. The Labute approximate surface area is 171 Å². The van der Waals surface area contributed by atoms with E-state index in [-0.39, 0.29) is 28.0 Å². The summed E-state index contributed by atoms with van der Waals surface area (Å²) in [6.07, 6.45) is 2.10. The summed E-state index contributed by atoms with van der Waals surface area (Å²) >= 11 is 6.72. The fourth-order valence-corrected chi connectivity index (χ4v) is 3.43. The van der Waals surface area contributed by atoms with Gasteiger partial charge in [-0.1, -0.05) is 11.6 Å². The van der Waals surface area contributed by atoms with Crippen molar-refractivity contribution < 1.29 is 29.0 Å². The molecule has 0 saturated carbocycles. The van der Waals surface area contributed by atoms with Crippen molar-refractivity contribution >= 4 is 46.5 Å². The molecule has 10 heteroatoms. The molecular formula is C18H21ClN2O6S. The SMILES string of the molecule is CCOc1cc(/C=C2\SC(=O)N(CC(=O)NCCCOC)C2=O)cc(Cl)c1O. The van der Waals surface area contributed by atoms with Gasteiger partial charge in [-0.2, -0.15) is 0 Å². The molecule has 1 saturated heterocycles. The second-order valence-corrected chi connectivity index (χ2v) is 7.15. The third-order valence-corrected chi connectivity index (χ3v) is 4.87. The molecule has 2 N–H and O–H groups in total. The molecule has 0 atom stereocenters. The molecule has 28 heavy (non-hydrogen) atoms. The van der Waals surface area contributed by atoms with Crippen LogP contribution in [0.15, 0.2) is 17.0 Å². The van der Waals surface area contributed by atoms with Crippen LogP contribution in [0.2, 0.25) is 5.02 Å². The number of benzene rings is 1. The van der Waals surface area contributed by atoms with E-state index in [1.165, 1.54) is 18.2 Å². The minimum absolute atomic E-state index is 0.0619. The number of amides is 3. The fraction of sp³-hybridized carbons (Fsp3) is 0.389. The van der Waals surface area contributed by atoms with Crippen molar-refractivity contribution in [1.29, 1.82) is 0 Å². The van der Waals surface area contributed by atoms with Gasteiger partial charge < -0.3 is 19.9 Å². The van der Waals surface area contributed by atoms with Gasteiger partial charge in [0.1, 0.15) is 6.54 Å². The second kappa shape index (κ2) is 10.4. The summed E-state index contributed by atoms with van der Waals surface area (Å²) in [6, 6.07) is 2.97. The molecule has 1 aromatic carbocycles. The van der Waals surface area contributed by atoms with Crippen LogP contribution in [0.5, 0.6) is 11.5 Å². The molecule has 0 bridgehead atoms. The molecule has 152 valence electrons. The zero-order valence-corrected chi connectivity index (χ0v) is 17.1. The van der Waals surface area contributed by atoms with Crippen molar-refractivity contribution in [2.75, 3.05) is 33.4 Å². The fourth-order valence-electron chi connectivity index (χ4n) is 2.37. The first-order chi connectivity index (χ1) is 13.4. The van der Waals surface area contributed by atoms with E-state index >= 15 is 0 Å². The Bertz CT molecular complexity index is 799. The van der Waals surface area contributed by atoms with Crippen molar-refractivity contribution in [3.8, 4) is 11.5 Å². The van der Waals surface area contributed by atoms with Crippen molar-refractivity contribution in [2.24, 2.45) is 0 Å². The monoisotopic (exact) mass is 428 g/mol. The van der Waals surface area contributed by atoms with Gasteiger partial charge >= 0.3 is 0 Å². The minimum Gasteiger partial charge on any atom is -0.503 e. The van der Waals surface area contributed by atoms with E-state index in [4.69, 9.17) is 21.1 Å². The number of rotatable bonds is 9. The number of carbonyl (C=O) groups is 3. The van der Waals surface area contributed by atoms with E-state index in [0.717, 1.165) is 16.7 Å². The Morgan fingerprint density at radius 3 is 2.82 bits per heavy atom. The van der Waals surface area contributed by atoms with Crippen LogP contribution in [0.3, 0.4) is 0 Å². The third-order valence-electron chi connectivity index (χ3n) is 3.67. The summed E-state index contributed by atoms with van der Waals surface area (Å²) < 4.78 is 10.2. The lowest BCUT2D eigenvalue weighted by Gasteiger charge is -2.12. The van der Waals surface area contributed by atoms with Gasteiger partial charge in [0.2, 0.25) is 5.91 Å². The highest BCUT2D eigenvalue weighted by Gasteiger charge is 2.36. The summed E-state index contributed by atoms with van der Waals surface area (Å²) in [5.41, 5.74) is 0.487. The number of ether oxygens (including phenoxy) is 2. The van der Waals surface area contributed by atoms with Gasteiger partial charge in [0.05, 0.1) is 16.5 Å². The molecule has 1 aromatic rings. The van der Waals surface area contributed by atoms with E-state index in [2.05, 4.69) is 5.32 Å². The molecule has 0 unspecified atom stereocenters. The number of phenolic OH excluding ortho intramolecular Hbond substituents is 1. The predicted molar refractivity (Wildman–Crippen MR) is 106 cm³/mol. The van der Waals surface area contributed by atoms with E-state index in [1.807, 2.05) is 0 Å². The lowest BCUT2D eigenvalue weighted by molar-refractivity contribution is -0.129. The van der Waals surface area contributed by atoms with E-state index in [0.29, 0.717) is 31.7 Å². The van der Waals surface area contributed by atoms with Gasteiger partial charge in [-0.3, -0.25) is 19.3 Å². The molecule has 8 nitrogen and oxygen atoms in total. The average molecular weight is 429 g/mol. The van der Waals surface area contributed by atoms with Crippen LogP contribution in [0, 0.1) is 0 Å². The Hall–Kier alpha value is -2.23. The lowest BCUT2D eigenvalue weighted by Crippen LogP contribution is -2.39. The van der Waals surface area contributed by atoms with Crippen LogP contribution in [0.4, 0.5) is 4.79 Å². The second-order valence-electron chi connectivity index (χ2n) is 5.75. The van der Waals surface area contributed by atoms with Gasteiger partial charge in [-0.25, -0.2) is 0 Å². The molecule has 0 radical (unpaired) electrons. The number of nitrogens with zero attached hydrogens (tertiary/aromatic N) is 1. The number of nitrogens with one attached hydrogen (secondary N) is 1. The summed E-state index contributed by atoms with van der Waals surface area (Å²) in [5, 5.41) is 12.1. The molecular weight excluding hydrogens is 408 g/mol. The van der Waals surface area contributed by atoms with Crippen LogP contribution in [-0.4, -0.2) is 60.5 Å². The van der Waals surface area contributed by atoms with E-state index < -0.39 is 17.1 Å². The molecule has 1 heterocycles. The first kappa shape index (κ1) is 22.1. The number of imide groups is 1. The smallest absolute Gasteiger partial charge is 0.294 e. The normalized spacial score (nSPS) is 15.4. The topological polar surface area (TPSA) is 105 Å². The van der Waals surface area contributed by atoms with E-state index in [1.54, 1.807) is 14.0 Å². The van der Waals surface area contributed by atoms with Gasteiger partial charge in [-0.05, 0) is 48.9 Å². The molecule has 3 amide bonds. The zero-order valence-electron chi connectivity index (χ0n) is 15.5. The highest BCUT2D eigenvalue weighted by molar-refractivity contribution is 8.18. The quantitative estimate of drug-likeness (QED) is 0.460.